The summed E-state index contributed by atoms with van der Waals surface area (Å²) < 4.78 is 4.88. The molecule has 0 aromatic carbocycles. The number of hydrogen-bond donors (Lipinski definition) is 3. The monoisotopic (exact) mass is 254 g/mol. The maximum absolute atomic E-state index is 11.7. The maximum Gasteiger partial charge on any atom is 0.242 e. The lowest BCUT2D eigenvalue weighted by molar-refractivity contribution is -0.117. The highest BCUT2D eigenvalue weighted by Crippen LogP contribution is 2.21. The van der Waals surface area contributed by atoms with Gasteiger partial charge in [-0.25, -0.2) is 0 Å². The number of H-pyrrole nitrogens is 1. The fourth-order valence-corrected chi connectivity index (χ4v) is 1.36. The lowest BCUT2D eigenvalue weighted by Gasteiger charge is -2.14. The zero-order chi connectivity index (χ0) is 13.8. The highest BCUT2D eigenvalue weighted by Gasteiger charge is 2.19. The summed E-state index contributed by atoms with van der Waals surface area (Å²) in [4.78, 5) is 11.7. The van der Waals surface area contributed by atoms with E-state index in [2.05, 4.69) is 36.3 Å². The van der Waals surface area contributed by atoms with Crippen LogP contribution in [-0.4, -0.2) is 35.9 Å². The van der Waals surface area contributed by atoms with Crippen molar-refractivity contribution in [3.8, 4) is 0 Å². The van der Waals surface area contributed by atoms with Crippen molar-refractivity contribution in [1.29, 1.82) is 0 Å². The molecule has 0 spiro atoms. The quantitative estimate of drug-likeness (QED) is 0.731. The standard InChI is InChI=1S/C12H22N4O2/c1-12(2,3)9-7-10(16-15-9)14-11(17)8(13)5-6-18-4/h7-8H,5-6,13H2,1-4H3,(H2,14,15,16,17). The first-order chi connectivity index (χ1) is 8.34. The van der Waals surface area contributed by atoms with Crippen LogP contribution in [0, 0.1) is 0 Å². The average Bonchev–Trinajstić information content (AvgIpc) is 2.73. The summed E-state index contributed by atoms with van der Waals surface area (Å²) in [5.41, 5.74) is 6.64. The van der Waals surface area contributed by atoms with Crippen LogP contribution in [0.25, 0.3) is 0 Å². The minimum atomic E-state index is -0.584. The van der Waals surface area contributed by atoms with Gasteiger partial charge in [-0.15, -0.1) is 0 Å². The number of amides is 1. The summed E-state index contributed by atoms with van der Waals surface area (Å²) in [6.07, 6.45) is 0.485. The van der Waals surface area contributed by atoms with E-state index in [1.165, 1.54) is 0 Å². The van der Waals surface area contributed by atoms with E-state index in [0.29, 0.717) is 18.8 Å². The van der Waals surface area contributed by atoms with E-state index in [1.807, 2.05) is 6.07 Å². The molecule has 1 amide bonds. The lowest BCUT2D eigenvalue weighted by Crippen LogP contribution is -2.36. The predicted molar refractivity (Wildman–Crippen MR) is 70.4 cm³/mol. The molecule has 1 aromatic heterocycles. The van der Waals surface area contributed by atoms with Crippen molar-refractivity contribution in [2.75, 3.05) is 19.0 Å². The van der Waals surface area contributed by atoms with Gasteiger partial charge in [0, 0.05) is 30.9 Å². The van der Waals surface area contributed by atoms with Gasteiger partial charge in [-0.3, -0.25) is 9.89 Å². The molecule has 1 aromatic rings. The highest BCUT2D eigenvalue weighted by atomic mass is 16.5. The molecule has 0 aliphatic rings. The van der Waals surface area contributed by atoms with Crippen LogP contribution in [0.1, 0.15) is 32.9 Å². The Morgan fingerprint density at radius 3 is 2.78 bits per heavy atom. The number of hydrogen-bond acceptors (Lipinski definition) is 4. The Kier molecular flexibility index (Phi) is 4.86. The minimum absolute atomic E-state index is 0.0336. The Bertz CT molecular complexity index is 395. The summed E-state index contributed by atoms with van der Waals surface area (Å²) in [6.45, 7) is 6.66. The number of aromatic amines is 1. The molecule has 1 atom stereocenters. The first-order valence-electron chi connectivity index (χ1n) is 5.96. The van der Waals surface area contributed by atoms with Crippen LogP contribution >= 0.6 is 0 Å². The fraction of sp³-hybridized carbons (Fsp3) is 0.667. The fourth-order valence-electron chi connectivity index (χ4n) is 1.36. The maximum atomic E-state index is 11.7. The number of anilines is 1. The molecule has 0 aliphatic heterocycles. The van der Waals surface area contributed by atoms with Crippen molar-refractivity contribution in [2.24, 2.45) is 5.73 Å². The second kappa shape index (κ2) is 5.97. The first kappa shape index (κ1) is 14.7. The van der Waals surface area contributed by atoms with Crippen molar-refractivity contribution >= 4 is 11.7 Å². The topological polar surface area (TPSA) is 93.0 Å². The van der Waals surface area contributed by atoms with Crippen LogP contribution < -0.4 is 11.1 Å². The Morgan fingerprint density at radius 2 is 2.28 bits per heavy atom. The van der Waals surface area contributed by atoms with Gasteiger partial charge in [0.2, 0.25) is 5.91 Å². The van der Waals surface area contributed by atoms with Crippen molar-refractivity contribution < 1.29 is 9.53 Å². The van der Waals surface area contributed by atoms with E-state index >= 15 is 0 Å². The summed E-state index contributed by atoms with van der Waals surface area (Å²) >= 11 is 0. The Labute approximate surface area is 107 Å². The molecule has 18 heavy (non-hydrogen) atoms. The van der Waals surface area contributed by atoms with Crippen molar-refractivity contribution in [3.05, 3.63) is 11.8 Å². The van der Waals surface area contributed by atoms with Crippen molar-refractivity contribution in [2.45, 2.75) is 38.6 Å². The molecule has 4 N–H and O–H groups in total. The number of carbonyl (C=O) groups excluding carboxylic acids is 1. The van der Waals surface area contributed by atoms with Gasteiger partial charge in [0.15, 0.2) is 5.82 Å². The second-order valence-electron chi connectivity index (χ2n) is 5.29. The van der Waals surface area contributed by atoms with Gasteiger partial charge in [0.25, 0.3) is 0 Å². The Morgan fingerprint density at radius 1 is 1.61 bits per heavy atom. The average molecular weight is 254 g/mol. The molecule has 102 valence electrons. The number of nitrogens with zero attached hydrogens (tertiary/aromatic N) is 1. The number of aromatic nitrogens is 2. The normalized spacial score (nSPS) is 13.4. The van der Waals surface area contributed by atoms with Gasteiger partial charge in [-0.2, -0.15) is 5.10 Å². The summed E-state index contributed by atoms with van der Waals surface area (Å²) in [6, 6.07) is 1.24. The first-order valence-corrected chi connectivity index (χ1v) is 5.96. The predicted octanol–water partition coefficient (Wildman–Crippen LogP) is 1.01. The number of methoxy groups -OCH3 is 1. The third-order valence-corrected chi connectivity index (χ3v) is 2.61. The van der Waals surface area contributed by atoms with Crippen LogP contribution in [0.5, 0.6) is 0 Å². The summed E-state index contributed by atoms with van der Waals surface area (Å²) in [7, 11) is 1.58. The van der Waals surface area contributed by atoms with Crippen LogP contribution in [0.3, 0.4) is 0 Å². The van der Waals surface area contributed by atoms with Gasteiger partial charge in [0.1, 0.15) is 0 Å². The molecule has 0 aliphatic carbocycles. The number of nitrogens with two attached hydrogens (primary N) is 1. The van der Waals surface area contributed by atoms with E-state index in [1.54, 1.807) is 7.11 Å². The molecule has 1 rings (SSSR count). The molecular weight excluding hydrogens is 232 g/mol. The molecule has 1 heterocycles. The van der Waals surface area contributed by atoms with Gasteiger partial charge in [0.05, 0.1) is 6.04 Å². The van der Waals surface area contributed by atoms with Crippen LogP contribution in [0.4, 0.5) is 5.82 Å². The molecule has 0 bridgehead atoms. The van der Waals surface area contributed by atoms with Crippen LogP contribution in [-0.2, 0) is 14.9 Å². The molecule has 0 fully saturated rings. The molecule has 6 heteroatoms. The van der Waals surface area contributed by atoms with Gasteiger partial charge in [-0.1, -0.05) is 20.8 Å². The molecule has 0 saturated heterocycles. The lowest BCUT2D eigenvalue weighted by atomic mass is 9.92. The molecule has 0 saturated carbocycles. The third-order valence-electron chi connectivity index (χ3n) is 2.61. The molecule has 0 radical (unpaired) electrons. The van der Waals surface area contributed by atoms with Crippen LogP contribution in [0.15, 0.2) is 6.07 Å². The number of ether oxygens (including phenoxy) is 1. The SMILES string of the molecule is COCCC(N)C(=O)Nc1cc(C(C)(C)C)[nH]n1. The van der Waals surface area contributed by atoms with E-state index in [-0.39, 0.29) is 11.3 Å². The zero-order valence-electron chi connectivity index (χ0n) is 11.4. The van der Waals surface area contributed by atoms with E-state index in [0.717, 1.165) is 5.69 Å². The Balaban J connectivity index is 2.57. The molecule has 1 unspecified atom stereocenters. The van der Waals surface area contributed by atoms with E-state index in [4.69, 9.17) is 10.5 Å². The minimum Gasteiger partial charge on any atom is -0.385 e. The van der Waals surface area contributed by atoms with Gasteiger partial charge < -0.3 is 15.8 Å². The highest BCUT2D eigenvalue weighted by molar-refractivity contribution is 5.93. The van der Waals surface area contributed by atoms with Crippen LogP contribution in [0.2, 0.25) is 0 Å². The third kappa shape index (κ3) is 4.12. The van der Waals surface area contributed by atoms with E-state index < -0.39 is 6.04 Å². The van der Waals surface area contributed by atoms with E-state index in [9.17, 15) is 4.79 Å². The van der Waals surface area contributed by atoms with Crippen molar-refractivity contribution in [1.82, 2.24) is 10.2 Å². The molecular formula is C12H22N4O2. The summed E-state index contributed by atoms with van der Waals surface area (Å²) in [5, 5.41) is 9.63. The number of nitrogens with one attached hydrogen (secondary N) is 2. The number of rotatable bonds is 5. The smallest absolute Gasteiger partial charge is 0.242 e. The van der Waals surface area contributed by atoms with Gasteiger partial charge >= 0.3 is 0 Å². The number of carbonyl (C=O) groups is 1. The molecule has 6 nitrogen and oxygen atoms in total. The van der Waals surface area contributed by atoms with Crippen molar-refractivity contribution in [3.63, 3.8) is 0 Å². The zero-order valence-corrected chi connectivity index (χ0v) is 11.4. The largest absolute Gasteiger partial charge is 0.385 e. The second-order valence-corrected chi connectivity index (χ2v) is 5.29. The van der Waals surface area contributed by atoms with Gasteiger partial charge in [-0.05, 0) is 6.42 Å². The summed E-state index contributed by atoms with van der Waals surface area (Å²) in [5.74, 6) is 0.247. The Hall–Kier alpha value is -1.40.